The van der Waals surface area contributed by atoms with E-state index in [1.807, 2.05) is 0 Å². The smallest absolute Gasteiger partial charge is 0.119 e. The number of hydrogen-bond donors (Lipinski definition) is 1. The number of nitrogens with zero attached hydrogens (tertiary/aromatic N) is 1. The van der Waals surface area contributed by atoms with Crippen LogP contribution in [0.3, 0.4) is 0 Å². The first-order chi connectivity index (χ1) is 10.3. The minimum absolute atomic E-state index is 0.771. The SMILES string of the molecule is CCCNCc1ccc(OCCN(CCC)CCC)cc1. The summed E-state index contributed by atoms with van der Waals surface area (Å²) >= 11 is 0. The van der Waals surface area contributed by atoms with Crippen LogP contribution in [0.2, 0.25) is 0 Å². The molecule has 1 rings (SSSR count). The Morgan fingerprint density at radius 3 is 2.14 bits per heavy atom. The van der Waals surface area contributed by atoms with E-state index < -0.39 is 0 Å². The zero-order valence-corrected chi connectivity index (χ0v) is 14.0. The molecule has 21 heavy (non-hydrogen) atoms. The number of nitrogens with one attached hydrogen (secondary N) is 1. The fraction of sp³-hybridized carbons (Fsp3) is 0.667. The molecule has 0 aromatic heterocycles. The molecule has 3 nitrogen and oxygen atoms in total. The van der Waals surface area contributed by atoms with Crippen LogP contribution in [0.15, 0.2) is 24.3 Å². The maximum atomic E-state index is 5.85. The average molecular weight is 292 g/mol. The van der Waals surface area contributed by atoms with Crippen molar-refractivity contribution in [1.29, 1.82) is 0 Å². The molecule has 0 aliphatic carbocycles. The summed E-state index contributed by atoms with van der Waals surface area (Å²) in [5.74, 6) is 0.974. The highest BCUT2D eigenvalue weighted by molar-refractivity contribution is 5.27. The zero-order valence-electron chi connectivity index (χ0n) is 14.0. The maximum absolute atomic E-state index is 5.85. The van der Waals surface area contributed by atoms with Crippen LogP contribution in [-0.2, 0) is 6.54 Å². The second-order valence-electron chi connectivity index (χ2n) is 5.51. The topological polar surface area (TPSA) is 24.5 Å². The van der Waals surface area contributed by atoms with Gasteiger partial charge < -0.3 is 10.1 Å². The van der Waals surface area contributed by atoms with Gasteiger partial charge >= 0.3 is 0 Å². The summed E-state index contributed by atoms with van der Waals surface area (Å²) in [6.07, 6.45) is 3.59. The third-order valence-electron chi connectivity index (χ3n) is 3.44. The maximum Gasteiger partial charge on any atom is 0.119 e. The summed E-state index contributed by atoms with van der Waals surface area (Å²) in [5.41, 5.74) is 1.31. The zero-order chi connectivity index (χ0) is 15.3. The molecule has 0 aliphatic rings. The summed E-state index contributed by atoms with van der Waals surface area (Å²) in [7, 11) is 0. The van der Waals surface area contributed by atoms with Gasteiger partial charge in [0.25, 0.3) is 0 Å². The molecule has 0 radical (unpaired) electrons. The molecule has 0 bridgehead atoms. The Morgan fingerprint density at radius 1 is 0.905 bits per heavy atom. The van der Waals surface area contributed by atoms with E-state index in [4.69, 9.17) is 4.74 Å². The number of rotatable bonds is 12. The van der Waals surface area contributed by atoms with E-state index in [0.717, 1.165) is 32.0 Å². The molecule has 0 atom stereocenters. The Hall–Kier alpha value is -1.06. The van der Waals surface area contributed by atoms with Gasteiger partial charge in [-0.15, -0.1) is 0 Å². The minimum atomic E-state index is 0.771. The van der Waals surface area contributed by atoms with Gasteiger partial charge in [-0.2, -0.15) is 0 Å². The van der Waals surface area contributed by atoms with Crippen LogP contribution in [0.4, 0.5) is 0 Å². The first kappa shape index (κ1) is 18.0. The lowest BCUT2D eigenvalue weighted by Crippen LogP contribution is -2.30. The molecular formula is C18H32N2O. The van der Waals surface area contributed by atoms with E-state index in [9.17, 15) is 0 Å². The highest BCUT2D eigenvalue weighted by Crippen LogP contribution is 2.12. The molecule has 1 aromatic carbocycles. The number of hydrogen-bond acceptors (Lipinski definition) is 3. The molecule has 0 fully saturated rings. The van der Waals surface area contributed by atoms with Gasteiger partial charge in [-0.05, 0) is 56.6 Å². The van der Waals surface area contributed by atoms with Crippen LogP contribution in [0.5, 0.6) is 5.75 Å². The van der Waals surface area contributed by atoms with Gasteiger partial charge in [-0.3, -0.25) is 4.90 Å². The van der Waals surface area contributed by atoms with Crippen LogP contribution < -0.4 is 10.1 Å². The normalized spacial score (nSPS) is 11.0. The molecule has 1 N–H and O–H groups in total. The molecule has 120 valence electrons. The lowest BCUT2D eigenvalue weighted by atomic mass is 10.2. The molecule has 0 saturated carbocycles. The Balaban J connectivity index is 2.28. The first-order valence-corrected chi connectivity index (χ1v) is 8.44. The third-order valence-corrected chi connectivity index (χ3v) is 3.44. The predicted octanol–water partition coefficient (Wildman–Crippen LogP) is 3.69. The van der Waals surface area contributed by atoms with E-state index in [0.29, 0.717) is 0 Å². The Labute approximate surface area is 130 Å². The van der Waals surface area contributed by atoms with Crippen molar-refractivity contribution in [3.63, 3.8) is 0 Å². The van der Waals surface area contributed by atoms with Crippen LogP contribution >= 0.6 is 0 Å². The quantitative estimate of drug-likeness (QED) is 0.595. The summed E-state index contributed by atoms with van der Waals surface area (Å²) in [5, 5.41) is 3.41. The molecule has 0 saturated heterocycles. The Kier molecular flexibility index (Phi) is 9.92. The van der Waals surface area contributed by atoms with Crippen molar-refractivity contribution in [3.05, 3.63) is 29.8 Å². The van der Waals surface area contributed by atoms with Crippen molar-refractivity contribution in [3.8, 4) is 5.75 Å². The van der Waals surface area contributed by atoms with Crippen molar-refractivity contribution >= 4 is 0 Å². The summed E-state index contributed by atoms with van der Waals surface area (Å²) in [6.45, 7) is 12.8. The summed E-state index contributed by atoms with van der Waals surface area (Å²) < 4.78 is 5.85. The van der Waals surface area contributed by atoms with Crippen molar-refractivity contribution in [2.75, 3.05) is 32.8 Å². The molecule has 0 heterocycles. The molecule has 0 amide bonds. The van der Waals surface area contributed by atoms with Gasteiger partial charge in [0.05, 0.1) is 0 Å². The van der Waals surface area contributed by atoms with E-state index >= 15 is 0 Å². The van der Waals surface area contributed by atoms with Crippen molar-refractivity contribution < 1.29 is 4.74 Å². The van der Waals surface area contributed by atoms with Crippen molar-refractivity contribution in [2.45, 2.75) is 46.6 Å². The van der Waals surface area contributed by atoms with Crippen LogP contribution in [0, 0.1) is 0 Å². The molecule has 1 aromatic rings. The third kappa shape index (κ3) is 8.08. The van der Waals surface area contributed by atoms with Gasteiger partial charge in [0.15, 0.2) is 0 Å². The van der Waals surface area contributed by atoms with Crippen LogP contribution in [-0.4, -0.2) is 37.7 Å². The van der Waals surface area contributed by atoms with E-state index in [2.05, 4.69) is 55.3 Å². The highest BCUT2D eigenvalue weighted by atomic mass is 16.5. The fourth-order valence-corrected chi connectivity index (χ4v) is 2.37. The fourth-order valence-electron chi connectivity index (χ4n) is 2.37. The second-order valence-corrected chi connectivity index (χ2v) is 5.51. The molecular weight excluding hydrogens is 260 g/mol. The predicted molar refractivity (Wildman–Crippen MR) is 91.0 cm³/mol. The molecule has 0 spiro atoms. The van der Waals surface area contributed by atoms with E-state index in [1.54, 1.807) is 0 Å². The lowest BCUT2D eigenvalue weighted by Gasteiger charge is -2.20. The van der Waals surface area contributed by atoms with E-state index in [-0.39, 0.29) is 0 Å². The lowest BCUT2D eigenvalue weighted by molar-refractivity contribution is 0.209. The van der Waals surface area contributed by atoms with Gasteiger partial charge in [-0.25, -0.2) is 0 Å². The molecule has 0 aliphatic heterocycles. The number of benzene rings is 1. The standard InChI is InChI=1S/C18H32N2O/c1-4-11-19-16-17-7-9-18(10-8-17)21-15-14-20(12-5-2)13-6-3/h7-10,19H,4-6,11-16H2,1-3H3. The average Bonchev–Trinajstić information content (AvgIpc) is 2.49. The Morgan fingerprint density at radius 2 is 1.57 bits per heavy atom. The van der Waals surface area contributed by atoms with Gasteiger partial charge in [-0.1, -0.05) is 32.9 Å². The summed E-state index contributed by atoms with van der Waals surface area (Å²) in [4.78, 5) is 2.48. The van der Waals surface area contributed by atoms with Gasteiger partial charge in [0, 0.05) is 13.1 Å². The second kappa shape index (κ2) is 11.6. The Bertz CT molecular complexity index is 345. The molecule has 3 heteroatoms. The van der Waals surface area contributed by atoms with Gasteiger partial charge in [0.2, 0.25) is 0 Å². The highest BCUT2D eigenvalue weighted by Gasteiger charge is 2.02. The van der Waals surface area contributed by atoms with Crippen LogP contribution in [0.25, 0.3) is 0 Å². The van der Waals surface area contributed by atoms with Gasteiger partial charge in [0.1, 0.15) is 12.4 Å². The summed E-state index contributed by atoms with van der Waals surface area (Å²) in [6, 6.07) is 8.45. The van der Waals surface area contributed by atoms with E-state index in [1.165, 1.54) is 37.9 Å². The van der Waals surface area contributed by atoms with Crippen LogP contribution in [0.1, 0.15) is 45.6 Å². The monoisotopic (exact) mass is 292 g/mol. The first-order valence-electron chi connectivity index (χ1n) is 8.44. The van der Waals surface area contributed by atoms with Crippen molar-refractivity contribution in [1.82, 2.24) is 10.2 Å². The minimum Gasteiger partial charge on any atom is -0.492 e. The largest absolute Gasteiger partial charge is 0.492 e. The molecule has 0 unspecified atom stereocenters. The number of ether oxygens (including phenoxy) is 1. The van der Waals surface area contributed by atoms with Crippen molar-refractivity contribution in [2.24, 2.45) is 0 Å².